The largest absolute Gasteiger partial charge is 0.467 e. The Hall–Kier alpha value is -4.02. The summed E-state index contributed by atoms with van der Waals surface area (Å²) >= 11 is 1.84. The molecule has 0 spiro atoms. The van der Waals surface area contributed by atoms with Gasteiger partial charge in [-0.1, -0.05) is 43.7 Å². The predicted octanol–water partition coefficient (Wildman–Crippen LogP) is 6.25. The van der Waals surface area contributed by atoms with Crippen molar-refractivity contribution in [3.63, 3.8) is 0 Å². The summed E-state index contributed by atoms with van der Waals surface area (Å²) in [6, 6.07) is 23.5. The summed E-state index contributed by atoms with van der Waals surface area (Å²) in [6.45, 7) is 2.40. The Balaban J connectivity index is 1.65. The van der Waals surface area contributed by atoms with E-state index in [2.05, 4.69) is 24.4 Å². The minimum absolute atomic E-state index is 0.00263. The summed E-state index contributed by atoms with van der Waals surface area (Å²) in [4.78, 5) is 13.9. The number of thioether (sulfide) groups is 1. The number of aromatic nitrogens is 2. The van der Waals surface area contributed by atoms with Gasteiger partial charge in [0.2, 0.25) is 0 Å². The molecule has 0 saturated heterocycles. The molecular weight excluding hydrogens is 456 g/mol. The van der Waals surface area contributed by atoms with Gasteiger partial charge in [-0.15, -0.1) is 11.8 Å². The molecule has 0 unspecified atom stereocenters. The summed E-state index contributed by atoms with van der Waals surface area (Å²) in [5.74, 6) is 1.24. The first kappa shape index (κ1) is 24.1. The van der Waals surface area contributed by atoms with Crippen LogP contribution < -0.4 is 5.32 Å². The van der Waals surface area contributed by atoms with Gasteiger partial charge < -0.3 is 9.73 Å². The number of nitrogens with one attached hydrogen (secondary N) is 1. The molecule has 0 atom stereocenters. The molecule has 1 amide bonds. The van der Waals surface area contributed by atoms with Gasteiger partial charge in [0.05, 0.1) is 24.2 Å². The third-order valence-electron chi connectivity index (χ3n) is 5.33. The molecule has 1 N–H and O–H groups in total. The first-order valence-corrected chi connectivity index (χ1v) is 12.5. The van der Waals surface area contributed by atoms with Gasteiger partial charge in [0.25, 0.3) is 5.91 Å². The Morgan fingerprint density at radius 1 is 1.14 bits per heavy atom. The number of benzene rings is 2. The molecule has 2 aromatic heterocycles. The summed E-state index contributed by atoms with van der Waals surface area (Å²) in [5.41, 5.74) is 3.19. The lowest BCUT2D eigenvalue weighted by atomic mass is 10.1. The molecule has 4 aromatic rings. The van der Waals surface area contributed by atoms with Crippen LogP contribution in [0.2, 0.25) is 0 Å². The highest BCUT2D eigenvalue weighted by Crippen LogP contribution is 2.28. The molecule has 6 nitrogen and oxygen atoms in total. The minimum Gasteiger partial charge on any atom is -0.467 e. The maximum Gasteiger partial charge on any atom is 0.262 e. The van der Waals surface area contributed by atoms with E-state index in [1.54, 1.807) is 29.2 Å². The summed E-state index contributed by atoms with van der Waals surface area (Å²) in [7, 11) is 0. The van der Waals surface area contributed by atoms with Gasteiger partial charge in [-0.05, 0) is 54.6 Å². The van der Waals surface area contributed by atoms with Crippen LogP contribution in [0, 0.1) is 11.3 Å². The van der Waals surface area contributed by atoms with Crippen LogP contribution in [0.4, 0.5) is 0 Å². The molecule has 4 rings (SSSR count). The van der Waals surface area contributed by atoms with Crippen LogP contribution in [-0.2, 0) is 11.3 Å². The van der Waals surface area contributed by atoms with Crippen molar-refractivity contribution in [3.05, 3.63) is 96.1 Å². The third-order valence-corrected chi connectivity index (χ3v) is 6.42. The van der Waals surface area contributed by atoms with E-state index in [9.17, 15) is 10.1 Å². The highest BCUT2D eigenvalue weighted by Gasteiger charge is 2.15. The van der Waals surface area contributed by atoms with Gasteiger partial charge in [-0.2, -0.15) is 10.4 Å². The van der Waals surface area contributed by atoms with E-state index in [4.69, 9.17) is 9.52 Å². The molecule has 0 aliphatic heterocycles. The Kier molecular flexibility index (Phi) is 8.21. The molecule has 0 aliphatic carbocycles. The molecule has 2 aromatic carbocycles. The van der Waals surface area contributed by atoms with Crippen molar-refractivity contribution in [1.82, 2.24) is 15.1 Å². The zero-order chi connectivity index (χ0) is 24.5. The number of carbonyl (C=O) groups excluding carboxylic acids is 1. The molecule has 2 heterocycles. The van der Waals surface area contributed by atoms with Crippen molar-refractivity contribution in [1.29, 1.82) is 5.26 Å². The monoisotopic (exact) mass is 482 g/mol. The molecule has 0 fully saturated rings. The summed E-state index contributed by atoms with van der Waals surface area (Å²) in [5, 5.41) is 17.2. The van der Waals surface area contributed by atoms with E-state index in [1.165, 1.54) is 17.7 Å². The average Bonchev–Trinajstić information content (AvgIpc) is 3.57. The van der Waals surface area contributed by atoms with Gasteiger partial charge in [0, 0.05) is 22.2 Å². The number of para-hydroxylation sites is 1. The Labute approximate surface area is 209 Å². The second kappa shape index (κ2) is 11.9. The SMILES string of the molecule is CCCCSc1ccc(-c2nn(-c3ccccc3)cc2C=C(C#N)C(=O)NCc2ccco2)cc1. The van der Waals surface area contributed by atoms with Crippen molar-refractivity contribution in [3.8, 4) is 23.0 Å². The topological polar surface area (TPSA) is 83.8 Å². The highest BCUT2D eigenvalue weighted by molar-refractivity contribution is 7.99. The van der Waals surface area contributed by atoms with Crippen molar-refractivity contribution in [2.24, 2.45) is 0 Å². The fourth-order valence-corrected chi connectivity index (χ4v) is 4.45. The molecule has 0 saturated carbocycles. The molecule has 0 bridgehead atoms. The Morgan fingerprint density at radius 2 is 1.94 bits per heavy atom. The van der Waals surface area contributed by atoms with E-state index in [0.29, 0.717) is 17.0 Å². The van der Waals surface area contributed by atoms with E-state index >= 15 is 0 Å². The average molecular weight is 483 g/mol. The lowest BCUT2D eigenvalue weighted by Gasteiger charge is -2.04. The third kappa shape index (κ3) is 6.31. The van der Waals surface area contributed by atoms with E-state index < -0.39 is 5.91 Å². The number of carbonyl (C=O) groups is 1. The first-order valence-electron chi connectivity index (χ1n) is 11.5. The number of rotatable bonds is 10. The first-order chi connectivity index (χ1) is 17.2. The van der Waals surface area contributed by atoms with Gasteiger partial charge in [0.1, 0.15) is 17.4 Å². The zero-order valence-electron chi connectivity index (χ0n) is 19.5. The number of hydrogen-bond acceptors (Lipinski definition) is 5. The minimum atomic E-state index is -0.468. The van der Waals surface area contributed by atoms with Crippen molar-refractivity contribution in [2.45, 2.75) is 31.2 Å². The molecular formula is C28H26N4O2S. The van der Waals surface area contributed by atoms with Gasteiger partial charge in [-0.3, -0.25) is 4.79 Å². The second-order valence-electron chi connectivity index (χ2n) is 7.87. The fraction of sp³-hybridized carbons (Fsp3) is 0.179. The van der Waals surface area contributed by atoms with E-state index in [-0.39, 0.29) is 12.1 Å². The lowest BCUT2D eigenvalue weighted by molar-refractivity contribution is -0.117. The molecule has 0 radical (unpaired) electrons. The standard InChI is InChI=1S/C28H26N4O2S/c1-2-3-16-35-26-13-11-21(12-14-26)27-23(20-32(31-27)24-8-5-4-6-9-24)17-22(18-29)28(33)30-19-25-10-7-15-34-25/h4-15,17,20H,2-3,16,19H2,1H3,(H,30,33). The number of unbranched alkanes of at least 4 members (excludes halogenated alkanes) is 1. The zero-order valence-corrected chi connectivity index (χ0v) is 20.3. The quantitative estimate of drug-likeness (QED) is 0.125. The van der Waals surface area contributed by atoms with E-state index in [1.807, 2.05) is 66.5 Å². The molecule has 176 valence electrons. The van der Waals surface area contributed by atoms with Gasteiger partial charge >= 0.3 is 0 Å². The van der Waals surface area contributed by atoms with Crippen LogP contribution in [-0.4, -0.2) is 21.4 Å². The highest BCUT2D eigenvalue weighted by atomic mass is 32.2. The van der Waals surface area contributed by atoms with E-state index in [0.717, 1.165) is 17.0 Å². The van der Waals surface area contributed by atoms with Crippen LogP contribution in [0.3, 0.4) is 0 Å². The smallest absolute Gasteiger partial charge is 0.262 e. The van der Waals surface area contributed by atoms with Crippen LogP contribution in [0.15, 0.2) is 94.1 Å². The number of amides is 1. The number of furan rings is 1. The van der Waals surface area contributed by atoms with Crippen LogP contribution in [0.1, 0.15) is 31.1 Å². The van der Waals surface area contributed by atoms with Crippen LogP contribution in [0.25, 0.3) is 23.0 Å². The second-order valence-corrected chi connectivity index (χ2v) is 9.04. The van der Waals surface area contributed by atoms with Crippen LogP contribution >= 0.6 is 11.8 Å². The van der Waals surface area contributed by atoms with Crippen molar-refractivity contribution < 1.29 is 9.21 Å². The predicted molar refractivity (Wildman–Crippen MR) is 139 cm³/mol. The van der Waals surface area contributed by atoms with Crippen molar-refractivity contribution in [2.75, 3.05) is 5.75 Å². The van der Waals surface area contributed by atoms with Gasteiger partial charge in [-0.25, -0.2) is 4.68 Å². The van der Waals surface area contributed by atoms with Crippen LogP contribution in [0.5, 0.6) is 0 Å². The number of hydrogen-bond donors (Lipinski definition) is 1. The summed E-state index contributed by atoms with van der Waals surface area (Å²) in [6.07, 6.45) is 7.32. The fourth-order valence-electron chi connectivity index (χ4n) is 3.45. The summed E-state index contributed by atoms with van der Waals surface area (Å²) < 4.78 is 7.02. The Morgan fingerprint density at radius 3 is 2.63 bits per heavy atom. The maximum atomic E-state index is 12.7. The number of nitriles is 1. The maximum absolute atomic E-state index is 12.7. The lowest BCUT2D eigenvalue weighted by Crippen LogP contribution is -2.23. The van der Waals surface area contributed by atoms with Crippen molar-refractivity contribution >= 4 is 23.7 Å². The normalized spacial score (nSPS) is 11.3. The molecule has 35 heavy (non-hydrogen) atoms. The molecule has 0 aliphatic rings. The van der Waals surface area contributed by atoms with Gasteiger partial charge in [0.15, 0.2) is 0 Å². The molecule has 7 heteroatoms. The number of nitrogens with zero attached hydrogens (tertiary/aromatic N) is 3. The Bertz CT molecular complexity index is 1320.